The van der Waals surface area contributed by atoms with Gasteiger partial charge in [0, 0.05) is 23.7 Å². The van der Waals surface area contributed by atoms with Crippen LogP contribution in [0.25, 0.3) is 32.8 Å². The molecule has 0 spiro atoms. The minimum atomic E-state index is -0.294. The zero-order valence-corrected chi connectivity index (χ0v) is 17.8. The van der Waals surface area contributed by atoms with Gasteiger partial charge in [0.05, 0.1) is 17.4 Å². The average Bonchev–Trinajstić information content (AvgIpc) is 3.21. The first-order chi connectivity index (χ1) is 15.7. The van der Waals surface area contributed by atoms with Crippen molar-refractivity contribution < 1.29 is 9.47 Å². The summed E-state index contributed by atoms with van der Waals surface area (Å²) in [6.07, 6.45) is 3.23. The van der Waals surface area contributed by atoms with E-state index in [1.807, 2.05) is 55.6 Å². The van der Waals surface area contributed by atoms with Crippen molar-refractivity contribution in [3.05, 3.63) is 84.8 Å². The van der Waals surface area contributed by atoms with Crippen molar-refractivity contribution >= 4 is 21.7 Å². The Kier molecular flexibility index (Phi) is 5.44. The van der Waals surface area contributed by atoms with E-state index in [4.69, 9.17) is 15.2 Å². The number of hydrogen-bond donors (Lipinski definition) is 2. The summed E-state index contributed by atoms with van der Waals surface area (Å²) >= 11 is 0. The van der Waals surface area contributed by atoms with Gasteiger partial charge in [-0.1, -0.05) is 36.4 Å². The van der Waals surface area contributed by atoms with E-state index in [9.17, 15) is 0 Å². The summed E-state index contributed by atoms with van der Waals surface area (Å²) in [6, 6.07) is 22.4. The molecule has 0 amide bonds. The second-order valence-corrected chi connectivity index (χ2v) is 7.77. The van der Waals surface area contributed by atoms with E-state index in [-0.39, 0.29) is 6.10 Å². The van der Waals surface area contributed by atoms with Crippen LogP contribution in [0.2, 0.25) is 0 Å². The van der Waals surface area contributed by atoms with Gasteiger partial charge >= 0.3 is 0 Å². The van der Waals surface area contributed by atoms with Crippen molar-refractivity contribution in [3.8, 4) is 22.6 Å². The van der Waals surface area contributed by atoms with Crippen molar-refractivity contribution in [1.82, 2.24) is 15.2 Å². The molecule has 0 saturated heterocycles. The molecule has 0 aliphatic carbocycles. The molecule has 0 fully saturated rings. The molecule has 0 aliphatic heterocycles. The van der Waals surface area contributed by atoms with Crippen LogP contribution in [0.4, 0.5) is 0 Å². The SMILES string of the molecule is Cc1n[nH]c2ccc(-c3cncc(OC(CN)COc4ccc5ccccc5c4)c3)cc12. The summed E-state index contributed by atoms with van der Waals surface area (Å²) in [7, 11) is 0. The molecule has 3 aromatic carbocycles. The van der Waals surface area contributed by atoms with Crippen LogP contribution in [0.3, 0.4) is 0 Å². The Hall–Kier alpha value is -3.90. The van der Waals surface area contributed by atoms with Crippen LogP contribution in [0.15, 0.2) is 79.1 Å². The van der Waals surface area contributed by atoms with Gasteiger partial charge < -0.3 is 15.2 Å². The summed E-state index contributed by atoms with van der Waals surface area (Å²) in [5.74, 6) is 1.45. The number of nitrogens with two attached hydrogens (primary N) is 1. The molecule has 0 bridgehead atoms. The number of pyridine rings is 1. The molecular formula is C26H24N4O2. The Labute approximate surface area is 186 Å². The van der Waals surface area contributed by atoms with Gasteiger partial charge in [0.2, 0.25) is 0 Å². The predicted octanol–water partition coefficient (Wildman–Crippen LogP) is 4.87. The number of benzene rings is 3. The van der Waals surface area contributed by atoms with Crippen molar-refractivity contribution in [2.75, 3.05) is 13.2 Å². The maximum absolute atomic E-state index is 6.10. The quantitative estimate of drug-likeness (QED) is 0.389. The highest BCUT2D eigenvalue weighted by Crippen LogP contribution is 2.27. The van der Waals surface area contributed by atoms with Gasteiger partial charge in [-0.3, -0.25) is 10.1 Å². The molecule has 6 heteroatoms. The summed E-state index contributed by atoms with van der Waals surface area (Å²) in [6.45, 7) is 2.67. The largest absolute Gasteiger partial charge is 0.490 e. The lowest BCUT2D eigenvalue weighted by molar-refractivity contribution is 0.134. The average molecular weight is 425 g/mol. The van der Waals surface area contributed by atoms with E-state index in [2.05, 4.69) is 39.4 Å². The number of aromatic nitrogens is 3. The van der Waals surface area contributed by atoms with Crippen molar-refractivity contribution in [3.63, 3.8) is 0 Å². The molecule has 0 radical (unpaired) electrons. The van der Waals surface area contributed by atoms with Gasteiger partial charge in [0.1, 0.15) is 24.2 Å². The summed E-state index contributed by atoms with van der Waals surface area (Å²) < 4.78 is 12.1. The highest BCUT2D eigenvalue weighted by Gasteiger charge is 2.12. The van der Waals surface area contributed by atoms with E-state index < -0.39 is 0 Å². The van der Waals surface area contributed by atoms with Crippen molar-refractivity contribution in [2.45, 2.75) is 13.0 Å². The number of H-pyrrole nitrogens is 1. The van der Waals surface area contributed by atoms with E-state index in [1.165, 1.54) is 5.39 Å². The Bertz CT molecular complexity index is 1380. The van der Waals surface area contributed by atoms with Crippen LogP contribution in [-0.2, 0) is 0 Å². The minimum absolute atomic E-state index is 0.294. The van der Waals surface area contributed by atoms with Gasteiger partial charge in [-0.15, -0.1) is 0 Å². The maximum Gasteiger partial charge on any atom is 0.145 e. The number of ether oxygens (including phenoxy) is 2. The molecule has 32 heavy (non-hydrogen) atoms. The second-order valence-electron chi connectivity index (χ2n) is 7.77. The third-order valence-corrected chi connectivity index (χ3v) is 5.52. The number of nitrogens with zero attached hydrogens (tertiary/aromatic N) is 2. The lowest BCUT2D eigenvalue weighted by Crippen LogP contribution is -2.32. The van der Waals surface area contributed by atoms with E-state index >= 15 is 0 Å². The van der Waals surface area contributed by atoms with Crippen LogP contribution >= 0.6 is 0 Å². The smallest absolute Gasteiger partial charge is 0.145 e. The van der Waals surface area contributed by atoms with Crippen molar-refractivity contribution in [1.29, 1.82) is 0 Å². The monoisotopic (exact) mass is 424 g/mol. The number of hydrogen-bond acceptors (Lipinski definition) is 5. The molecule has 0 aliphatic rings. The number of nitrogens with one attached hydrogen (secondary N) is 1. The second kappa shape index (κ2) is 8.69. The fourth-order valence-corrected chi connectivity index (χ4v) is 3.76. The Morgan fingerprint density at radius 1 is 0.906 bits per heavy atom. The standard InChI is InChI=1S/C26H24N4O2/c1-17-25-12-20(7-9-26(25)30-29-17)21-11-23(15-28-14-21)32-24(13-27)16-31-22-8-6-18-4-2-3-5-19(18)10-22/h2-12,14-15,24H,13,16,27H2,1H3,(H,29,30). The van der Waals surface area contributed by atoms with Crippen LogP contribution in [0, 0.1) is 6.92 Å². The molecule has 160 valence electrons. The van der Waals surface area contributed by atoms with E-state index in [0.29, 0.717) is 18.9 Å². The molecule has 3 N–H and O–H groups in total. The Morgan fingerprint density at radius 2 is 1.78 bits per heavy atom. The fourth-order valence-electron chi connectivity index (χ4n) is 3.76. The topological polar surface area (TPSA) is 86.0 Å². The number of fused-ring (bicyclic) bond motifs is 2. The molecule has 0 saturated carbocycles. The first-order valence-corrected chi connectivity index (χ1v) is 10.6. The Balaban J connectivity index is 1.30. The van der Waals surface area contributed by atoms with Gasteiger partial charge in [-0.05, 0) is 53.6 Å². The Morgan fingerprint density at radius 3 is 2.66 bits per heavy atom. The molecule has 2 aromatic heterocycles. The van der Waals surface area contributed by atoms with Gasteiger partial charge in [-0.2, -0.15) is 5.10 Å². The zero-order valence-electron chi connectivity index (χ0n) is 17.8. The fraction of sp³-hybridized carbons (Fsp3) is 0.154. The number of aryl methyl sites for hydroxylation is 1. The molecular weight excluding hydrogens is 400 g/mol. The zero-order chi connectivity index (χ0) is 21.9. The van der Waals surface area contributed by atoms with Crippen LogP contribution in [0.1, 0.15) is 5.69 Å². The first kappa shape index (κ1) is 20.0. The lowest BCUT2D eigenvalue weighted by atomic mass is 10.0. The highest BCUT2D eigenvalue weighted by molar-refractivity contribution is 5.86. The van der Waals surface area contributed by atoms with Gasteiger partial charge in [0.15, 0.2) is 0 Å². The molecule has 5 rings (SSSR count). The van der Waals surface area contributed by atoms with Gasteiger partial charge in [0.25, 0.3) is 0 Å². The van der Waals surface area contributed by atoms with Crippen molar-refractivity contribution in [2.24, 2.45) is 5.73 Å². The van der Waals surface area contributed by atoms with Crippen LogP contribution in [-0.4, -0.2) is 34.4 Å². The molecule has 1 atom stereocenters. The first-order valence-electron chi connectivity index (χ1n) is 10.6. The van der Waals surface area contributed by atoms with E-state index in [0.717, 1.165) is 38.9 Å². The third-order valence-electron chi connectivity index (χ3n) is 5.52. The summed E-state index contributed by atoms with van der Waals surface area (Å²) in [5.41, 5.74) is 9.96. The summed E-state index contributed by atoms with van der Waals surface area (Å²) in [5, 5.41) is 10.7. The maximum atomic E-state index is 6.10. The molecule has 5 aromatic rings. The lowest BCUT2D eigenvalue weighted by Gasteiger charge is -2.18. The predicted molar refractivity (Wildman–Crippen MR) is 127 cm³/mol. The van der Waals surface area contributed by atoms with Crippen LogP contribution in [0.5, 0.6) is 11.5 Å². The minimum Gasteiger partial charge on any atom is -0.490 e. The van der Waals surface area contributed by atoms with Crippen LogP contribution < -0.4 is 15.2 Å². The number of rotatable bonds is 7. The highest BCUT2D eigenvalue weighted by atomic mass is 16.5. The van der Waals surface area contributed by atoms with E-state index in [1.54, 1.807) is 6.20 Å². The molecule has 6 nitrogen and oxygen atoms in total. The number of aromatic amines is 1. The molecule has 1 unspecified atom stereocenters. The summed E-state index contributed by atoms with van der Waals surface area (Å²) in [4.78, 5) is 4.36. The molecule has 2 heterocycles. The normalized spacial score (nSPS) is 12.2. The third kappa shape index (κ3) is 4.13. The van der Waals surface area contributed by atoms with Gasteiger partial charge in [-0.25, -0.2) is 0 Å².